The van der Waals surface area contributed by atoms with Crippen LogP contribution in [-0.4, -0.2) is 52.6 Å². The molecule has 10 heteroatoms. The summed E-state index contributed by atoms with van der Waals surface area (Å²) < 4.78 is 10.8. The smallest absolute Gasteiger partial charge is 0.408 e. The first kappa shape index (κ1) is 24.4. The number of nitrogens with one attached hydrogen (secondary N) is 1. The summed E-state index contributed by atoms with van der Waals surface area (Å²) in [6.45, 7) is 5.32. The number of amides is 2. The van der Waals surface area contributed by atoms with E-state index in [1.807, 2.05) is 30.3 Å². The maximum absolute atomic E-state index is 13.5. The number of fused-ring (bicyclic) bond motifs is 1. The second kappa shape index (κ2) is 10.6. The number of rotatable bonds is 5. The average molecular weight is 458 g/mol. The van der Waals surface area contributed by atoms with Crippen molar-refractivity contribution in [3.63, 3.8) is 0 Å². The normalized spacial score (nSPS) is 25.2. The van der Waals surface area contributed by atoms with Crippen molar-refractivity contribution >= 4 is 18.0 Å². The number of carbonyl (C=O) groups excluding carboxylic acids is 3. The number of benzene rings is 1. The van der Waals surface area contributed by atoms with Crippen LogP contribution in [0.3, 0.4) is 0 Å². The van der Waals surface area contributed by atoms with Crippen molar-refractivity contribution < 1.29 is 23.9 Å². The Morgan fingerprint density at radius 3 is 2.58 bits per heavy atom. The molecule has 1 aromatic carbocycles. The molecule has 0 radical (unpaired) electrons. The fourth-order valence-corrected chi connectivity index (χ4v) is 4.36. The third kappa shape index (κ3) is 6.61. The number of azide groups is 1. The van der Waals surface area contributed by atoms with Crippen molar-refractivity contribution in [2.45, 2.75) is 89.3 Å². The molecule has 4 atom stereocenters. The number of ether oxygens (including phenoxy) is 2. The third-order valence-corrected chi connectivity index (χ3v) is 5.79. The Morgan fingerprint density at radius 1 is 1.18 bits per heavy atom. The quantitative estimate of drug-likeness (QED) is 0.310. The zero-order valence-electron chi connectivity index (χ0n) is 19.3. The van der Waals surface area contributed by atoms with Gasteiger partial charge in [0.25, 0.3) is 0 Å². The van der Waals surface area contributed by atoms with Crippen LogP contribution in [-0.2, 0) is 25.7 Å². The first-order chi connectivity index (χ1) is 15.7. The van der Waals surface area contributed by atoms with Crippen molar-refractivity contribution in [1.29, 1.82) is 0 Å². The first-order valence-corrected chi connectivity index (χ1v) is 11.2. The molecule has 0 unspecified atom stereocenters. The van der Waals surface area contributed by atoms with E-state index in [2.05, 4.69) is 15.3 Å². The van der Waals surface area contributed by atoms with Crippen molar-refractivity contribution in [3.8, 4) is 0 Å². The van der Waals surface area contributed by atoms with E-state index in [0.29, 0.717) is 25.7 Å². The van der Waals surface area contributed by atoms with Gasteiger partial charge in [-0.05, 0) is 64.0 Å². The van der Waals surface area contributed by atoms with Crippen LogP contribution >= 0.6 is 0 Å². The maximum Gasteiger partial charge on any atom is 0.408 e. The van der Waals surface area contributed by atoms with Crippen molar-refractivity contribution in [2.75, 3.05) is 0 Å². The molecule has 2 aliphatic rings. The highest BCUT2D eigenvalue weighted by molar-refractivity contribution is 5.90. The second-order valence-corrected chi connectivity index (χ2v) is 9.46. The molecule has 2 saturated heterocycles. The van der Waals surface area contributed by atoms with Crippen molar-refractivity contribution in [2.24, 2.45) is 5.11 Å². The van der Waals surface area contributed by atoms with Gasteiger partial charge in [0.05, 0.1) is 0 Å². The molecule has 2 aliphatic heterocycles. The van der Waals surface area contributed by atoms with Crippen molar-refractivity contribution in [1.82, 2.24) is 10.2 Å². The summed E-state index contributed by atoms with van der Waals surface area (Å²) in [5, 5.41) is 6.52. The summed E-state index contributed by atoms with van der Waals surface area (Å²) in [4.78, 5) is 43.2. The van der Waals surface area contributed by atoms with E-state index < -0.39 is 29.7 Å². The Morgan fingerprint density at radius 2 is 1.91 bits per heavy atom. The molecule has 0 aliphatic carbocycles. The summed E-state index contributed by atoms with van der Waals surface area (Å²) in [7, 11) is 0. The number of hydrogen-bond acceptors (Lipinski definition) is 6. The molecular formula is C23H31N5O5. The molecule has 1 N–H and O–H groups in total. The van der Waals surface area contributed by atoms with E-state index in [9.17, 15) is 14.4 Å². The van der Waals surface area contributed by atoms with E-state index in [-0.39, 0.29) is 31.0 Å². The number of nitrogens with zero attached hydrogens (tertiary/aromatic N) is 4. The fourth-order valence-electron chi connectivity index (χ4n) is 4.36. The lowest BCUT2D eigenvalue weighted by molar-refractivity contribution is -0.156. The van der Waals surface area contributed by atoms with Gasteiger partial charge in [-0.2, -0.15) is 0 Å². The van der Waals surface area contributed by atoms with E-state index in [4.69, 9.17) is 15.0 Å². The Labute approximate surface area is 193 Å². The summed E-state index contributed by atoms with van der Waals surface area (Å²) in [6, 6.07) is 7.07. The van der Waals surface area contributed by atoms with Gasteiger partial charge < -0.3 is 19.7 Å². The molecule has 2 heterocycles. The van der Waals surface area contributed by atoms with Crippen LogP contribution in [0.4, 0.5) is 4.79 Å². The number of alkyl carbamates (subject to hydrolysis) is 1. The highest BCUT2D eigenvalue weighted by Gasteiger charge is 2.46. The zero-order chi connectivity index (χ0) is 24.0. The first-order valence-electron chi connectivity index (χ1n) is 11.2. The van der Waals surface area contributed by atoms with Gasteiger partial charge >= 0.3 is 12.1 Å². The lowest BCUT2D eigenvalue weighted by atomic mass is 9.95. The van der Waals surface area contributed by atoms with Crippen molar-refractivity contribution in [3.05, 3.63) is 46.3 Å². The van der Waals surface area contributed by atoms with Crippen LogP contribution in [0.1, 0.15) is 58.4 Å². The Balaban J connectivity index is 1.77. The standard InChI is InChI=1S/C23H31N5O5/c1-23(2,3)33-22(31)25-18-11-9-16(26-27-24)13-17-10-12-19(28(17)20(18)29)21(30)32-14-15-7-5-4-6-8-15/h4-8,16-19H,9-14H2,1-3H3,(H,25,31)/t16-,17-,18+,19+/m1/s1. The third-order valence-electron chi connectivity index (χ3n) is 5.79. The van der Waals surface area contributed by atoms with Crippen LogP contribution < -0.4 is 5.32 Å². The molecule has 0 aromatic heterocycles. The van der Waals surface area contributed by atoms with Gasteiger partial charge in [-0.25, -0.2) is 9.59 Å². The van der Waals surface area contributed by atoms with Gasteiger partial charge in [-0.15, -0.1) is 0 Å². The van der Waals surface area contributed by atoms with Gasteiger partial charge in [0, 0.05) is 17.0 Å². The molecule has 0 spiro atoms. The minimum absolute atomic E-state index is 0.115. The lowest BCUT2D eigenvalue weighted by Crippen LogP contribution is -2.56. The Kier molecular flexibility index (Phi) is 7.81. The second-order valence-electron chi connectivity index (χ2n) is 9.46. The summed E-state index contributed by atoms with van der Waals surface area (Å²) in [5.41, 5.74) is 9.08. The monoisotopic (exact) mass is 457 g/mol. The van der Waals surface area contributed by atoms with Gasteiger partial charge in [0.1, 0.15) is 24.3 Å². The molecule has 0 bridgehead atoms. The summed E-state index contributed by atoms with van der Waals surface area (Å²) >= 11 is 0. The SMILES string of the molecule is CC(C)(C)OC(=O)N[C@H]1CC[C@@H](N=[N+]=[N-])C[C@H]2CC[C@@H](C(=O)OCc3ccccc3)N2C1=O. The molecule has 178 valence electrons. The predicted molar refractivity (Wildman–Crippen MR) is 120 cm³/mol. The highest BCUT2D eigenvalue weighted by Crippen LogP contribution is 2.33. The van der Waals surface area contributed by atoms with Gasteiger partial charge in [-0.1, -0.05) is 35.4 Å². The molecule has 1 aromatic rings. The predicted octanol–water partition coefficient (Wildman–Crippen LogP) is 3.85. The fraction of sp³-hybridized carbons (Fsp3) is 0.609. The maximum atomic E-state index is 13.5. The van der Waals surface area contributed by atoms with Crippen LogP contribution in [0, 0.1) is 0 Å². The summed E-state index contributed by atoms with van der Waals surface area (Å²) in [5.74, 6) is -0.823. The van der Waals surface area contributed by atoms with E-state index >= 15 is 0 Å². The van der Waals surface area contributed by atoms with Gasteiger partial charge in [0.2, 0.25) is 5.91 Å². The molecule has 10 nitrogen and oxygen atoms in total. The van der Waals surface area contributed by atoms with Crippen LogP contribution in [0.2, 0.25) is 0 Å². The lowest BCUT2D eigenvalue weighted by Gasteiger charge is -2.36. The molecule has 33 heavy (non-hydrogen) atoms. The van der Waals surface area contributed by atoms with E-state index in [1.54, 1.807) is 20.8 Å². The largest absolute Gasteiger partial charge is 0.459 e. The summed E-state index contributed by atoms with van der Waals surface area (Å²) in [6.07, 6.45) is 1.53. The van der Waals surface area contributed by atoms with Crippen LogP contribution in [0.25, 0.3) is 10.4 Å². The minimum Gasteiger partial charge on any atom is -0.459 e. The Bertz CT molecular complexity index is 910. The van der Waals surface area contributed by atoms with Crippen LogP contribution in [0.5, 0.6) is 0 Å². The molecule has 0 saturated carbocycles. The molecule has 2 fully saturated rings. The van der Waals surface area contributed by atoms with Gasteiger partial charge in [0.15, 0.2) is 0 Å². The number of esters is 1. The average Bonchev–Trinajstić information content (AvgIpc) is 3.16. The topological polar surface area (TPSA) is 134 Å². The van der Waals surface area contributed by atoms with E-state index in [1.165, 1.54) is 4.90 Å². The van der Waals surface area contributed by atoms with Gasteiger partial charge in [-0.3, -0.25) is 4.79 Å². The molecule has 2 amide bonds. The molecule has 3 rings (SSSR count). The number of carbonyl (C=O) groups is 3. The van der Waals surface area contributed by atoms with Crippen LogP contribution in [0.15, 0.2) is 35.4 Å². The number of hydrogen-bond donors (Lipinski definition) is 1. The Hall–Kier alpha value is -3.26. The molecular weight excluding hydrogens is 426 g/mol. The minimum atomic E-state index is -0.887. The van der Waals surface area contributed by atoms with E-state index in [0.717, 1.165) is 5.56 Å². The highest BCUT2D eigenvalue weighted by atomic mass is 16.6. The zero-order valence-corrected chi connectivity index (χ0v) is 19.3.